The first-order chi connectivity index (χ1) is 13.4. The van der Waals surface area contributed by atoms with E-state index in [1.54, 1.807) is 0 Å². The molecule has 2 nitrogen and oxygen atoms in total. The molecule has 1 aliphatic heterocycles. The summed E-state index contributed by atoms with van der Waals surface area (Å²) in [7, 11) is 0. The molecule has 1 aromatic carbocycles. The molecule has 0 spiro atoms. The van der Waals surface area contributed by atoms with Crippen LogP contribution >= 0.6 is 0 Å². The minimum absolute atomic E-state index is 0.400. The molecule has 0 aromatic heterocycles. The predicted molar refractivity (Wildman–Crippen MR) is 118 cm³/mol. The van der Waals surface area contributed by atoms with Crippen LogP contribution < -0.4 is 0 Å². The van der Waals surface area contributed by atoms with Crippen molar-refractivity contribution < 1.29 is 0 Å². The molecular weight excluding hydrogens is 328 g/mol. The van der Waals surface area contributed by atoms with Crippen molar-refractivity contribution in [1.29, 1.82) is 0 Å². The van der Waals surface area contributed by atoms with Gasteiger partial charge in [-0.1, -0.05) is 108 Å². The fourth-order valence-electron chi connectivity index (χ4n) is 4.08. The average Bonchev–Trinajstić information content (AvgIpc) is 3.10. The zero-order valence-corrected chi connectivity index (χ0v) is 17.9. The summed E-state index contributed by atoms with van der Waals surface area (Å²) >= 11 is 0. The Bertz CT molecular complexity index is 496. The molecule has 27 heavy (non-hydrogen) atoms. The van der Waals surface area contributed by atoms with E-state index in [0.29, 0.717) is 6.17 Å². The molecule has 1 unspecified atom stereocenters. The van der Waals surface area contributed by atoms with Crippen LogP contribution in [0.5, 0.6) is 0 Å². The van der Waals surface area contributed by atoms with Gasteiger partial charge in [-0.05, 0) is 18.4 Å². The van der Waals surface area contributed by atoms with Crippen LogP contribution in [0.25, 0.3) is 0 Å². The van der Waals surface area contributed by atoms with E-state index in [4.69, 9.17) is 0 Å². The molecule has 152 valence electrons. The number of hydrogen-bond acceptors (Lipinski definition) is 2. The highest BCUT2D eigenvalue weighted by atomic mass is 15.4. The summed E-state index contributed by atoms with van der Waals surface area (Å²) in [6.07, 6.45) is 21.5. The fourth-order valence-corrected chi connectivity index (χ4v) is 4.08. The van der Waals surface area contributed by atoms with E-state index in [0.717, 1.165) is 6.54 Å². The Hall–Kier alpha value is -1.44. The van der Waals surface area contributed by atoms with Gasteiger partial charge in [0, 0.05) is 25.5 Å². The standard InChI is InChI=1S/C25H42N2/c1-3-5-7-8-9-10-11-12-17-21-27-23-22-26(20-16-6-4-2)25(27)24-18-14-13-15-19-24/h13-15,18-19,22-23,25H,3-12,16-17,20-21H2,1-2H3. The molecule has 0 radical (unpaired) electrons. The van der Waals surface area contributed by atoms with Gasteiger partial charge in [0.05, 0.1) is 0 Å². The maximum atomic E-state index is 2.56. The molecular formula is C25H42N2. The van der Waals surface area contributed by atoms with E-state index in [1.165, 1.54) is 89.2 Å². The van der Waals surface area contributed by atoms with Gasteiger partial charge in [-0.25, -0.2) is 0 Å². The predicted octanol–water partition coefficient (Wildman–Crippen LogP) is 7.50. The van der Waals surface area contributed by atoms with Gasteiger partial charge in [-0.2, -0.15) is 0 Å². The Kier molecular flexibility index (Phi) is 11.1. The van der Waals surface area contributed by atoms with Crippen molar-refractivity contribution in [2.75, 3.05) is 13.1 Å². The molecule has 0 N–H and O–H groups in total. The van der Waals surface area contributed by atoms with E-state index in [9.17, 15) is 0 Å². The van der Waals surface area contributed by atoms with Crippen LogP contribution in [-0.2, 0) is 0 Å². The third kappa shape index (κ3) is 7.99. The Morgan fingerprint density at radius 2 is 1.04 bits per heavy atom. The molecule has 1 heterocycles. The molecule has 1 aromatic rings. The van der Waals surface area contributed by atoms with Gasteiger partial charge in [0.15, 0.2) is 0 Å². The number of hydrogen-bond donors (Lipinski definition) is 0. The largest absolute Gasteiger partial charge is 0.352 e. The smallest absolute Gasteiger partial charge is 0.127 e. The van der Waals surface area contributed by atoms with Gasteiger partial charge in [-0.15, -0.1) is 0 Å². The van der Waals surface area contributed by atoms with Crippen LogP contribution in [0.1, 0.15) is 103 Å². The minimum atomic E-state index is 0.400. The van der Waals surface area contributed by atoms with Gasteiger partial charge in [0.2, 0.25) is 0 Å². The summed E-state index contributed by atoms with van der Waals surface area (Å²) in [4.78, 5) is 5.10. The molecule has 0 aliphatic carbocycles. The third-order valence-electron chi connectivity index (χ3n) is 5.72. The number of unbranched alkanes of at least 4 members (excludes halogenated alkanes) is 10. The first-order valence-corrected chi connectivity index (χ1v) is 11.6. The maximum absolute atomic E-state index is 2.56. The molecule has 1 atom stereocenters. The Morgan fingerprint density at radius 1 is 0.593 bits per heavy atom. The number of rotatable bonds is 15. The second-order valence-electron chi connectivity index (χ2n) is 8.09. The van der Waals surface area contributed by atoms with Gasteiger partial charge in [-0.3, -0.25) is 0 Å². The van der Waals surface area contributed by atoms with Gasteiger partial charge in [0.1, 0.15) is 6.17 Å². The monoisotopic (exact) mass is 370 g/mol. The van der Waals surface area contributed by atoms with E-state index < -0.39 is 0 Å². The topological polar surface area (TPSA) is 6.48 Å². The third-order valence-corrected chi connectivity index (χ3v) is 5.72. The lowest BCUT2D eigenvalue weighted by molar-refractivity contribution is 0.150. The summed E-state index contributed by atoms with van der Waals surface area (Å²) in [5.74, 6) is 0. The average molecular weight is 371 g/mol. The summed E-state index contributed by atoms with van der Waals surface area (Å²) in [6.45, 7) is 6.92. The van der Waals surface area contributed by atoms with Crippen LogP contribution in [0.4, 0.5) is 0 Å². The van der Waals surface area contributed by atoms with Gasteiger partial charge < -0.3 is 9.80 Å². The van der Waals surface area contributed by atoms with Gasteiger partial charge in [0.25, 0.3) is 0 Å². The summed E-state index contributed by atoms with van der Waals surface area (Å²) in [5, 5.41) is 0. The van der Waals surface area contributed by atoms with E-state index in [1.807, 2.05) is 0 Å². The molecule has 0 bridgehead atoms. The van der Waals surface area contributed by atoms with Crippen molar-refractivity contribution in [1.82, 2.24) is 9.80 Å². The van der Waals surface area contributed by atoms with Crippen molar-refractivity contribution in [2.45, 2.75) is 97.1 Å². The van der Waals surface area contributed by atoms with Crippen molar-refractivity contribution in [2.24, 2.45) is 0 Å². The van der Waals surface area contributed by atoms with Crippen LogP contribution in [-0.4, -0.2) is 22.9 Å². The lowest BCUT2D eigenvalue weighted by Gasteiger charge is -2.33. The maximum Gasteiger partial charge on any atom is 0.127 e. The van der Waals surface area contributed by atoms with Crippen LogP contribution in [0.3, 0.4) is 0 Å². The summed E-state index contributed by atoms with van der Waals surface area (Å²) in [5.41, 5.74) is 1.43. The molecule has 0 fully saturated rings. The van der Waals surface area contributed by atoms with Crippen molar-refractivity contribution >= 4 is 0 Å². The molecule has 2 heteroatoms. The minimum Gasteiger partial charge on any atom is -0.352 e. The van der Waals surface area contributed by atoms with E-state index in [2.05, 4.69) is 66.4 Å². The second kappa shape index (κ2) is 13.7. The zero-order chi connectivity index (χ0) is 19.2. The van der Waals surface area contributed by atoms with Crippen LogP contribution in [0, 0.1) is 0 Å². The van der Waals surface area contributed by atoms with E-state index >= 15 is 0 Å². The molecule has 0 amide bonds. The highest BCUT2D eigenvalue weighted by Crippen LogP contribution is 2.31. The van der Waals surface area contributed by atoms with Crippen molar-refractivity contribution in [3.8, 4) is 0 Å². The van der Waals surface area contributed by atoms with E-state index in [-0.39, 0.29) is 0 Å². The Morgan fingerprint density at radius 3 is 1.59 bits per heavy atom. The first kappa shape index (κ1) is 21.9. The lowest BCUT2D eigenvalue weighted by Crippen LogP contribution is -2.32. The quantitative estimate of drug-likeness (QED) is 0.295. The SMILES string of the molecule is CCCCCCCCCCCN1C=CN(CCCCC)C1c1ccccc1. The zero-order valence-electron chi connectivity index (χ0n) is 17.9. The van der Waals surface area contributed by atoms with Crippen molar-refractivity contribution in [3.63, 3.8) is 0 Å². The highest BCUT2D eigenvalue weighted by molar-refractivity contribution is 5.21. The normalized spacial score (nSPS) is 16.4. The van der Waals surface area contributed by atoms with Crippen LogP contribution in [0.2, 0.25) is 0 Å². The fraction of sp³-hybridized carbons (Fsp3) is 0.680. The summed E-state index contributed by atoms with van der Waals surface area (Å²) < 4.78 is 0. The molecule has 0 saturated carbocycles. The Balaban J connectivity index is 1.73. The Labute approximate surface area is 168 Å². The number of benzene rings is 1. The molecule has 1 aliphatic rings. The number of nitrogens with zero attached hydrogens (tertiary/aromatic N) is 2. The molecule has 0 saturated heterocycles. The highest BCUT2D eigenvalue weighted by Gasteiger charge is 2.26. The second-order valence-corrected chi connectivity index (χ2v) is 8.09. The molecule has 2 rings (SSSR count). The summed E-state index contributed by atoms with van der Waals surface area (Å²) in [6, 6.07) is 11.0. The first-order valence-electron chi connectivity index (χ1n) is 11.6. The van der Waals surface area contributed by atoms with Crippen molar-refractivity contribution in [3.05, 3.63) is 48.3 Å². The lowest BCUT2D eigenvalue weighted by atomic mass is 10.1. The van der Waals surface area contributed by atoms with Gasteiger partial charge >= 0.3 is 0 Å². The van der Waals surface area contributed by atoms with Crippen LogP contribution in [0.15, 0.2) is 42.7 Å².